The van der Waals surface area contributed by atoms with Gasteiger partial charge in [-0.1, -0.05) is 12.1 Å². The van der Waals surface area contributed by atoms with E-state index < -0.39 is 0 Å². The third kappa shape index (κ3) is 3.17. The molecule has 1 aliphatic heterocycles. The van der Waals surface area contributed by atoms with E-state index in [-0.39, 0.29) is 12.1 Å². The van der Waals surface area contributed by atoms with Gasteiger partial charge in [-0.05, 0) is 31.9 Å². The molecule has 1 saturated heterocycles. The van der Waals surface area contributed by atoms with E-state index in [2.05, 4.69) is 10.5 Å². The summed E-state index contributed by atoms with van der Waals surface area (Å²) in [6.45, 7) is 4.92. The number of carbonyl (C=O) groups is 1. The number of aromatic nitrogens is 1. The molecule has 24 heavy (non-hydrogen) atoms. The maximum atomic E-state index is 12.7. The molecule has 1 fully saturated rings. The highest BCUT2D eigenvalue weighted by Gasteiger charge is 2.33. The van der Waals surface area contributed by atoms with Crippen molar-refractivity contribution in [2.45, 2.75) is 45.8 Å². The first kappa shape index (κ1) is 16.6. The minimum Gasteiger partial charge on any atom is -0.461 e. The molecule has 1 unspecified atom stereocenters. The van der Waals surface area contributed by atoms with Gasteiger partial charge in [-0.2, -0.15) is 0 Å². The summed E-state index contributed by atoms with van der Waals surface area (Å²) in [5.74, 6) is 2.26. The summed E-state index contributed by atoms with van der Waals surface area (Å²) in [5, 5.41) is 6.88. The van der Waals surface area contributed by atoms with E-state index in [0.29, 0.717) is 36.7 Å². The van der Waals surface area contributed by atoms with Gasteiger partial charge < -0.3 is 23.9 Å². The summed E-state index contributed by atoms with van der Waals surface area (Å²) in [6.07, 6.45) is 2.51. The number of ether oxygens (including phenoxy) is 1. The van der Waals surface area contributed by atoms with Crippen LogP contribution in [0, 0.1) is 6.92 Å². The molecule has 1 aliphatic rings. The number of likely N-dealkylation sites (tertiary alicyclic amines) is 1. The van der Waals surface area contributed by atoms with Crippen LogP contribution < -0.4 is 5.32 Å². The number of hydrogen-bond donors (Lipinski definition) is 1. The largest absolute Gasteiger partial charge is 0.461 e. The van der Waals surface area contributed by atoms with E-state index in [9.17, 15) is 4.79 Å². The zero-order valence-electron chi connectivity index (χ0n) is 14.3. The summed E-state index contributed by atoms with van der Waals surface area (Å²) in [4.78, 5) is 14.5. The lowest BCUT2D eigenvalue weighted by Crippen LogP contribution is -2.34. The number of amides is 2. The number of hydrogen-bond acceptors (Lipinski definition) is 5. The van der Waals surface area contributed by atoms with E-state index in [0.717, 1.165) is 24.4 Å². The average Bonchev–Trinajstić information content (AvgIpc) is 3.28. The molecule has 0 spiro atoms. The number of rotatable bonds is 5. The predicted molar refractivity (Wildman–Crippen MR) is 87.7 cm³/mol. The van der Waals surface area contributed by atoms with Crippen LogP contribution in [0.1, 0.15) is 48.8 Å². The van der Waals surface area contributed by atoms with Crippen molar-refractivity contribution in [1.82, 2.24) is 10.1 Å². The highest BCUT2D eigenvalue weighted by atomic mass is 16.5. The van der Waals surface area contributed by atoms with Crippen molar-refractivity contribution in [3.8, 4) is 0 Å². The number of furan rings is 1. The van der Waals surface area contributed by atoms with Crippen LogP contribution in [-0.4, -0.2) is 29.7 Å². The smallest absolute Gasteiger partial charge is 0.322 e. The highest BCUT2D eigenvalue weighted by molar-refractivity contribution is 5.90. The number of methoxy groups -OCH3 is 1. The fourth-order valence-electron chi connectivity index (χ4n) is 3.10. The molecule has 2 aromatic heterocycles. The topological polar surface area (TPSA) is 80.7 Å². The number of anilines is 1. The predicted octanol–water partition coefficient (Wildman–Crippen LogP) is 3.65. The Bertz CT molecular complexity index is 707. The fourth-order valence-corrected chi connectivity index (χ4v) is 3.10. The molecule has 130 valence electrons. The summed E-state index contributed by atoms with van der Waals surface area (Å²) < 4.78 is 16.1. The molecule has 0 aromatic carbocycles. The average molecular weight is 333 g/mol. The molecule has 2 aromatic rings. The highest BCUT2D eigenvalue weighted by Crippen LogP contribution is 2.34. The second kappa shape index (κ2) is 7.09. The molecule has 1 atom stereocenters. The first-order valence-electron chi connectivity index (χ1n) is 8.24. The third-order valence-electron chi connectivity index (χ3n) is 4.30. The Morgan fingerprint density at radius 3 is 3.08 bits per heavy atom. The Labute approximate surface area is 140 Å². The Kier molecular flexibility index (Phi) is 4.89. The molecule has 3 rings (SSSR count). The molecule has 7 nitrogen and oxygen atoms in total. The van der Waals surface area contributed by atoms with Gasteiger partial charge in [0, 0.05) is 20.1 Å². The summed E-state index contributed by atoms with van der Waals surface area (Å²) in [7, 11) is 1.63. The normalized spacial score (nSPS) is 17.5. The maximum Gasteiger partial charge on any atom is 0.322 e. The minimum absolute atomic E-state index is 0.0548. The molecule has 7 heteroatoms. The summed E-state index contributed by atoms with van der Waals surface area (Å²) in [6, 6.07) is 3.61. The van der Waals surface area contributed by atoms with Crippen LogP contribution in [0.15, 0.2) is 21.1 Å². The van der Waals surface area contributed by atoms with Gasteiger partial charge in [0.25, 0.3) is 0 Å². The standard InChI is InChI=1S/C17H23N3O4/c1-4-14-16(11(2)19-24-14)18-17(21)20-9-5-6-13(20)15-8-7-12(23-15)10-22-3/h7-8,13H,4-6,9-10H2,1-3H3,(H,18,21). The molecule has 0 bridgehead atoms. The van der Waals surface area contributed by atoms with Gasteiger partial charge in [0.2, 0.25) is 0 Å². The number of aryl methyl sites for hydroxylation is 2. The summed E-state index contributed by atoms with van der Waals surface area (Å²) >= 11 is 0. The summed E-state index contributed by atoms with van der Waals surface area (Å²) in [5.41, 5.74) is 1.36. The van der Waals surface area contributed by atoms with Gasteiger partial charge in [0.15, 0.2) is 5.76 Å². The van der Waals surface area contributed by atoms with Crippen LogP contribution in [0.5, 0.6) is 0 Å². The SMILES string of the molecule is CCc1onc(C)c1NC(=O)N1CCCC1c1ccc(COC)o1. The Balaban J connectivity index is 1.74. The molecule has 3 heterocycles. The molecular weight excluding hydrogens is 310 g/mol. The van der Waals surface area contributed by atoms with Crippen LogP contribution >= 0.6 is 0 Å². The van der Waals surface area contributed by atoms with Crippen molar-refractivity contribution in [3.63, 3.8) is 0 Å². The number of urea groups is 1. The van der Waals surface area contributed by atoms with Crippen LogP contribution in [-0.2, 0) is 17.8 Å². The van der Waals surface area contributed by atoms with Crippen molar-refractivity contribution < 1.29 is 18.5 Å². The van der Waals surface area contributed by atoms with Crippen molar-refractivity contribution >= 4 is 11.7 Å². The van der Waals surface area contributed by atoms with Crippen LogP contribution in [0.4, 0.5) is 10.5 Å². The number of nitrogens with zero attached hydrogens (tertiary/aromatic N) is 2. The maximum absolute atomic E-state index is 12.7. The number of carbonyl (C=O) groups excluding carboxylic acids is 1. The molecule has 2 amide bonds. The van der Waals surface area contributed by atoms with Crippen molar-refractivity contribution in [2.24, 2.45) is 0 Å². The van der Waals surface area contributed by atoms with E-state index in [4.69, 9.17) is 13.7 Å². The fraction of sp³-hybridized carbons (Fsp3) is 0.529. The van der Waals surface area contributed by atoms with Crippen LogP contribution in [0.25, 0.3) is 0 Å². The van der Waals surface area contributed by atoms with Gasteiger partial charge in [-0.25, -0.2) is 4.79 Å². The van der Waals surface area contributed by atoms with Gasteiger partial charge in [-0.3, -0.25) is 0 Å². The zero-order chi connectivity index (χ0) is 17.1. The zero-order valence-corrected chi connectivity index (χ0v) is 14.3. The van der Waals surface area contributed by atoms with Crippen molar-refractivity contribution in [2.75, 3.05) is 19.0 Å². The van der Waals surface area contributed by atoms with E-state index in [1.54, 1.807) is 12.0 Å². The molecule has 0 aliphatic carbocycles. The molecule has 0 saturated carbocycles. The van der Waals surface area contributed by atoms with Crippen LogP contribution in [0.2, 0.25) is 0 Å². The molecular formula is C17H23N3O4. The Morgan fingerprint density at radius 1 is 1.50 bits per heavy atom. The lowest BCUT2D eigenvalue weighted by Gasteiger charge is -2.23. The molecule has 1 N–H and O–H groups in total. The van der Waals surface area contributed by atoms with Crippen molar-refractivity contribution in [3.05, 3.63) is 35.1 Å². The lowest BCUT2D eigenvalue weighted by atomic mass is 10.2. The lowest BCUT2D eigenvalue weighted by molar-refractivity contribution is 0.157. The van der Waals surface area contributed by atoms with E-state index in [1.165, 1.54) is 0 Å². The van der Waals surface area contributed by atoms with Gasteiger partial charge in [-0.15, -0.1) is 0 Å². The van der Waals surface area contributed by atoms with Crippen LogP contribution in [0.3, 0.4) is 0 Å². The monoisotopic (exact) mass is 333 g/mol. The van der Waals surface area contributed by atoms with Gasteiger partial charge >= 0.3 is 6.03 Å². The molecule has 0 radical (unpaired) electrons. The van der Waals surface area contributed by atoms with Crippen molar-refractivity contribution in [1.29, 1.82) is 0 Å². The van der Waals surface area contributed by atoms with Gasteiger partial charge in [0.05, 0.1) is 6.04 Å². The second-order valence-electron chi connectivity index (χ2n) is 5.94. The number of nitrogens with one attached hydrogen (secondary N) is 1. The van der Waals surface area contributed by atoms with Gasteiger partial charge in [0.1, 0.15) is 29.5 Å². The Hall–Kier alpha value is -2.28. The Morgan fingerprint density at radius 2 is 2.33 bits per heavy atom. The second-order valence-corrected chi connectivity index (χ2v) is 5.94. The van der Waals surface area contributed by atoms with E-state index >= 15 is 0 Å². The minimum atomic E-state index is -0.150. The van der Waals surface area contributed by atoms with E-state index in [1.807, 2.05) is 26.0 Å². The first-order valence-corrected chi connectivity index (χ1v) is 8.24. The quantitative estimate of drug-likeness (QED) is 0.903. The first-order chi connectivity index (χ1) is 11.6. The third-order valence-corrected chi connectivity index (χ3v) is 4.30.